The van der Waals surface area contributed by atoms with Gasteiger partial charge in [-0.25, -0.2) is 4.79 Å². The minimum atomic E-state index is -0.548. The van der Waals surface area contributed by atoms with E-state index in [9.17, 15) is 4.79 Å². The summed E-state index contributed by atoms with van der Waals surface area (Å²) in [6.45, 7) is 0.0703. The highest BCUT2D eigenvalue weighted by molar-refractivity contribution is 6.42. The van der Waals surface area contributed by atoms with Gasteiger partial charge in [0, 0.05) is 5.69 Å². The Balaban J connectivity index is 2.08. The molecule has 0 bridgehead atoms. The number of esters is 1. The van der Waals surface area contributed by atoms with Crippen molar-refractivity contribution in [3.63, 3.8) is 0 Å². The standard InChI is InChI=1S/C14H10Cl3NO2/c15-11-4-2-9(18)6-10(11)14(19)20-7-8-1-3-12(16)13(17)5-8/h1-6H,7,18H2. The zero-order chi connectivity index (χ0) is 14.7. The number of carbonyl (C=O) groups excluding carboxylic acids is 1. The van der Waals surface area contributed by atoms with Crippen LogP contribution >= 0.6 is 34.8 Å². The third kappa shape index (κ3) is 3.57. The van der Waals surface area contributed by atoms with Crippen LogP contribution in [0.3, 0.4) is 0 Å². The molecular formula is C14H10Cl3NO2. The Bertz CT molecular complexity index is 659. The third-order valence-corrected chi connectivity index (χ3v) is 3.63. The molecule has 0 fully saturated rings. The zero-order valence-electron chi connectivity index (χ0n) is 10.2. The summed E-state index contributed by atoms with van der Waals surface area (Å²) in [5.41, 5.74) is 7.01. The van der Waals surface area contributed by atoms with Crippen molar-refractivity contribution in [2.45, 2.75) is 6.61 Å². The molecular weight excluding hydrogens is 321 g/mol. The molecule has 3 nitrogen and oxygen atoms in total. The number of carbonyl (C=O) groups is 1. The Labute approximate surface area is 131 Å². The topological polar surface area (TPSA) is 52.3 Å². The maximum Gasteiger partial charge on any atom is 0.340 e. The van der Waals surface area contributed by atoms with Gasteiger partial charge in [-0.1, -0.05) is 40.9 Å². The summed E-state index contributed by atoms with van der Waals surface area (Å²) in [7, 11) is 0. The summed E-state index contributed by atoms with van der Waals surface area (Å²) in [5, 5.41) is 1.14. The molecule has 0 atom stereocenters. The van der Waals surface area contributed by atoms with Gasteiger partial charge in [-0.05, 0) is 35.9 Å². The maximum atomic E-state index is 11.9. The van der Waals surface area contributed by atoms with Gasteiger partial charge >= 0.3 is 5.97 Å². The molecule has 2 aromatic rings. The fourth-order valence-electron chi connectivity index (χ4n) is 1.56. The summed E-state index contributed by atoms with van der Waals surface area (Å²) in [4.78, 5) is 11.9. The van der Waals surface area contributed by atoms with Crippen LogP contribution in [0.1, 0.15) is 15.9 Å². The van der Waals surface area contributed by atoms with Gasteiger partial charge in [-0.3, -0.25) is 0 Å². The Morgan fingerprint density at radius 2 is 1.70 bits per heavy atom. The van der Waals surface area contributed by atoms with E-state index in [4.69, 9.17) is 45.3 Å². The molecule has 6 heteroatoms. The fourth-order valence-corrected chi connectivity index (χ4v) is 2.07. The first-order valence-electron chi connectivity index (χ1n) is 5.63. The molecule has 0 aliphatic carbocycles. The van der Waals surface area contributed by atoms with Crippen molar-refractivity contribution in [3.8, 4) is 0 Å². The quantitative estimate of drug-likeness (QED) is 0.661. The van der Waals surface area contributed by atoms with Crippen LogP contribution in [0.5, 0.6) is 0 Å². The van der Waals surface area contributed by atoms with Crippen molar-refractivity contribution in [3.05, 3.63) is 62.6 Å². The maximum absolute atomic E-state index is 11.9. The minimum Gasteiger partial charge on any atom is -0.457 e. The van der Waals surface area contributed by atoms with E-state index >= 15 is 0 Å². The molecule has 0 amide bonds. The molecule has 0 aliphatic rings. The number of anilines is 1. The van der Waals surface area contributed by atoms with Crippen LogP contribution in [-0.2, 0) is 11.3 Å². The molecule has 2 N–H and O–H groups in total. The van der Waals surface area contributed by atoms with Gasteiger partial charge in [0.05, 0.1) is 20.6 Å². The molecule has 0 heterocycles. The summed E-state index contributed by atoms with van der Waals surface area (Å²) in [6, 6.07) is 9.63. The average Bonchev–Trinajstić information content (AvgIpc) is 2.42. The van der Waals surface area contributed by atoms with Gasteiger partial charge in [0.1, 0.15) is 6.61 Å². The largest absolute Gasteiger partial charge is 0.457 e. The van der Waals surface area contributed by atoms with Crippen LogP contribution in [0.4, 0.5) is 5.69 Å². The second-order valence-electron chi connectivity index (χ2n) is 4.06. The molecule has 0 unspecified atom stereocenters. The van der Waals surface area contributed by atoms with Crippen molar-refractivity contribution in [1.29, 1.82) is 0 Å². The Morgan fingerprint density at radius 1 is 1.00 bits per heavy atom. The lowest BCUT2D eigenvalue weighted by Crippen LogP contribution is -2.06. The highest BCUT2D eigenvalue weighted by Gasteiger charge is 2.12. The van der Waals surface area contributed by atoms with E-state index < -0.39 is 5.97 Å². The van der Waals surface area contributed by atoms with E-state index in [1.165, 1.54) is 6.07 Å². The van der Waals surface area contributed by atoms with E-state index in [2.05, 4.69) is 0 Å². The number of halogens is 3. The summed E-state index contributed by atoms with van der Waals surface area (Å²) in [6.07, 6.45) is 0. The lowest BCUT2D eigenvalue weighted by molar-refractivity contribution is 0.0473. The van der Waals surface area contributed by atoms with Gasteiger partial charge in [0.25, 0.3) is 0 Å². The summed E-state index contributed by atoms with van der Waals surface area (Å²) >= 11 is 17.6. The number of hydrogen-bond acceptors (Lipinski definition) is 3. The van der Waals surface area contributed by atoms with Crippen molar-refractivity contribution < 1.29 is 9.53 Å². The van der Waals surface area contributed by atoms with Crippen LogP contribution in [0.2, 0.25) is 15.1 Å². The smallest absolute Gasteiger partial charge is 0.340 e. The van der Waals surface area contributed by atoms with E-state index in [-0.39, 0.29) is 12.2 Å². The number of nitrogen functional groups attached to an aromatic ring is 1. The lowest BCUT2D eigenvalue weighted by atomic mass is 10.2. The second-order valence-corrected chi connectivity index (χ2v) is 5.29. The van der Waals surface area contributed by atoms with Crippen molar-refractivity contribution in [2.24, 2.45) is 0 Å². The first-order chi connectivity index (χ1) is 9.47. The zero-order valence-corrected chi connectivity index (χ0v) is 12.5. The van der Waals surface area contributed by atoms with E-state index in [1.807, 2.05) is 0 Å². The Morgan fingerprint density at radius 3 is 2.40 bits per heavy atom. The molecule has 0 aromatic heterocycles. The molecule has 20 heavy (non-hydrogen) atoms. The van der Waals surface area contributed by atoms with E-state index in [1.54, 1.807) is 30.3 Å². The Kier molecular flexibility index (Phi) is 4.76. The monoisotopic (exact) mass is 329 g/mol. The average molecular weight is 331 g/mol. The highest BCUT2D eigenvalue weighted by Crippen LogP contribution is 2.24. The first kappa shape index (κ1) is 15.0. The molecule has 2 aromatic carbocycles. The first-order valence-corrected chi connectivity index (χ1v) is 6.77. The highest BCUT2D eigenvalue weighted by atomic mass is 35.5. The van der Waals surface area contributed by atoms with Gasteiger partial charge < -0.3 is 10.5 Å². The number of nitrogens with two attached hydrogens (primary N) is 1. The number of benzene rings is 2. The number of rotatable bonds is 3. The summed E-state index contributed by atoms with van der Waals surface area (Å²) in [5.74, 6) is -0.548. The molecule has 0 aliphatic heterocycles. The van der Waals surface area contributed by atoms with Gasteiger partial charge in [-0.2, -0.15) is 0 Å². The predicted molar refractivity (Wildman–Crippen MR) is 81.4 cm³/mol. The van der Waals surface area contributed by atoms with Gasteiger partial charge in [-0.15, -0.1) is 0 Å². The van der Waals surface area contributed by atoms with Crippen LogP contribution in [0, 0.1) is 0 Å². The van der Waals surface area contributed by atoms with Gasteiger partial charge in [0.2, 0.25) is 0 Å². The van der Waals surface area contributed by atoms with Crippen molar-refractivity contribution in [1.82, 2.24) is 0 Å². The van der Waals surface area contributed by atoms with Gasteiger partial charge in [0.15, 0.2) is 0 Å². The third-order valence-electron chi connectivity index (χ3n) is 2.56. The molecule has 104 valence electrons. The fraction of sp³-hybridized carbons (Fsp3) is 0.0714. The van der Waals surface area contributed by atoms with Crippen molar-refractivity contribution in [2.75, 3.05) is 5.73 Å². The molecule has 0 radical (unpaired) electrons. The minimum absolute atomic E-state index is 0.0703. The van der Waals surface area contributed by atoms with Crippen molar-refractivity contribution >= 4 is 46.5 Å². The second kappa shape index (κ2) is 6.35. The SMILES string of the molecule is Nc1ccc(Cl)c(C(=O)OCc2ccc(Cl)c(Cl)c2)c1. The summed E-state index contributed by atoms with van der Waals surface area (Å²) < 4.78 is 5.16. The molecule has 0 saturated heterocycles. The van der Waals surface area contributed by atoms with E-state index in [0.717, 1.165) is 5.56 Å². The van der Waals surface area contributed by atoms with Crippen LogP contribution in [-0.4, -0.2) is 5.97 Å². The predicted octanol–water partition coefficient (Wildman–Crippen LogP) is 4.59. The molecule has 0 spiro atoms. The normalized spacial score (nSPS) is 10.3. The molecule has 2 rings (SSSR count). The van der Waals surface area contributed by atoms with E-state index in [0.29, 0.717) is 20.8 Å². The van der Waals surface area contributed by atoms with Crippen LogP contribution in [0.15, 0.2) is 36.4 Å². The van der Waals surface area contributed by atoms with Crippen LogP contribution in [0.25, 0.3) is 0 Å². The number of ether oxygens (including phenoxy) is 1. The molecule has 0 saturated carbocycles. The Hall–Kier alpha value is -1.42. The number of hydrogen-bond donors (Lipinski definition) is 1. The van der Waals surface area contributed by atoms with Crippen LogP contribution < -0.4 is 5.73 Å². The lowest BCUT2D eigenvalue weighted by Gasteiger charge is -2.08.